The van der Waals surface area contributed by atoms with Crippen LogP contribution >= 0.6 is 0 Å². The first-order valence-corrected chi connectivity index (χ1v) is 5.97. The van der Waals surface area contributed by atoms with Crippen molar-refractivity contribution in [1.29, 1.82) is 0 Å². The highest BCUT2D eigenvalue weighted by molar-refractivity contribution is 5.97. The quantitative estimate of drug-likeness (QED) is 0.699. The zero-order valence-corrected chi connectivity index (χ0v) is 9.65. The van der Waals surface area contributed by atoms with E-state index in [9.17, 15) is 15.0 Å². The second-order valence-electron chi connectivity index (χ2n) is 4.54. The summed E-state index contributed by atoms with van der Waals surface area (Å²) >= 11 is 0. The number of hydrogen-bond acceptors (Lipinski definition) is 3. The van der Waals surface area contributed by atoms with Gasteiger partial charge in [0.25, 0.3) is 5.91 Å². The first-order valence-electron chi connectivity index (χ1n) is 5.97. The van der Waals surface area contributed by atoms with Crippen LogP contribution in [0.5, 0.6) is 11.5 Å². The molecular formula is C13H17NO3. The smallest absolute Gasteiger partial charge is 0.255 e. The third kappa shape index (κ3) is 2.90. The largest absolute Gasteiger partial charge is 0.508 e. The fourth-order valence-corrected chi connectivity index (χ4v) is 1.97. The Balaban J connectivity index is 1.87. The molecule has 0 saturated heterocycles. The molecule has 0 atom stereocenters. The molecule has 0 spiro atoms. The van der Waals surface area contributed by atoms with Crippen molar-refractivity contribution >= 4 is 5.91 Å². The van der Waals surface area contributed by atoms with E-state index in [1.807, 2.05) is 0 Å². The third-order valence-electron chi connectivity index (χ3n) is 3.29. The highest BCUT2D eigenvalue weighted by atomic mass is 16.3. The number of phenols is 2. The molecule has 4 nitrogen and oxygen atoms in total. The van der Waals surface area contributed by atoms with Crippen LogP contribution in [0.2, 0.25) is 0 Å². The molecule has 1 aromatic rings. The Kier molecular flexibility index (Phi) is 3.52. The van der Waals surface area contributed by atoms with Crippen LogP contribution in [-0.4, -0.2) is 22.7 Å². The number of benzene rings is 1. The second kappa shape index (κ2) is 5.08. The van der Waals surface area contributed by atoms with Crippen molar-refractivity contribution in [3.05, 3.63) is 23.8 Å². The highest BCUT2D eigenvalue weighted by Gasteiger charge is 2.17. The van der Waals surface area contributed by atoms with Gasteiger partial charge in [0.05, 0.1) is 5.56 Å². The van der Waals surface area contributed by atoms with Gasteiger partial charge < -0.3 is 15.5 Å². The third-order valence-corrected chi connectivity index (χ3v) is 3.29. The Morgan fingerprint density at radius 1 is 1.35 bits per heavy atom. The number of rotatable bonds is 4. The molecule has 0 aliphatic heterocycles. The first kappa shape index (κ1) is 11.8. The average molecular weight is 235 g/mol. The summed E-state index contributed by atoms with van der Waals surface area (Å²) in [6, 6.07) is 3.94. The zero-order valence-electron chi connectivity index (χ0n) is 9.65. The van der Waals surface area contributed by atoms with Gasteiger partial charge in [-0.3, -0.25) is 4.79 Å². The summed E-state index contributed by atoms with van der Waals surface area (Å²) in [7, 11) is 0. The molecule has 1 aliphatic rings. The molecule has 0 unspecified atom stereocenters. The van der Waals surface area contributed by atoms with Crippen molar-refractivity contribution in [1.82, 2.24) is 5.32 Å². The lowest BCUT2D eigenvalue weighted by Crippen LogP contribution is -2.27. The molecule has 1 fully saturated rings. The maximum Gasteiger partial charge on any atom is 0.255 e. The van der Waals surface area contributed by atoms with Crippen LogP contribution in [0.1, 0.15) is 36.0 Å². The molecule has 0 radical (unpaired) electrons. The molecule has 1 aliphatic carbocycles. The molecule has 0 bridgehead atoms. The molecular weight excluding hydrogens is 218 g/mol. The predicted octanol–water partition coefficient (Wildman–Crippen LogP) is 2.02. The van der Waals surface area contributed by atoms with E-state index in [1.54, 1.807) is 0 Å². The minimum absolute atomic E-state index is 0.0213. The lowest BCUT2D eigenvalue weighted by Gasteiger charge is -2.25. The van der Waals surface area contributed by atoms with Crippen LogP contribution in [0.4, 0.5) is 0 Å². The van der Waals surface area contributed by atoms with Gasteiger partial charge in [-0.25, -0.2) is 0 Å². The Hall–Kier alpha value is -1.71. The van der Waals surface area contributed by atoms with Gasteiger partial charge in [-0.15, -0.1) is 0 Å². The number of hydrogen-bond donors (Lipinski definition) is 3. The maximum atomic E-state index is 11.7. The monoisotopic (exact) mass is 235 g/mol. The highest BCUT2D eigenvalue weighted by Crippen LogP contribution is 2.28. The van der Waals surface area contributed by atoms with Crippen molar-refractivity contribution < 1.29 is 15.0 Å². The summed E-state index contributed by atoms with van der Waals surface area (Å²) in [5.74, 6) is 0.279. The molecule has 3 N–H and O–H groups in total. The Labute approximate surface area is 100 Å². The van der Waals surface area contributed by atoms with Crippen LogP contribution in [-0.2, 0) is 0 Å². The van der Waals surface area contributed by atoms with Crippen molar-refractivity contribution in [3.8, 4) is 11.5 Å². The lowest BCUT2D eigenvalue weighted by molar-refractivity contribution is 0.0946. The van der Waals surface area contributed by atoms with E-state index in [0.29, 0.717) is 6.54 Å². The summed E-state index contributed by atoms with van der Waals surface area (Å²) in [6.45, 7) is 0.624. The number of phenolic OH excluding ortho intramolecular Hbond substituents is 2. The molecule has 4 heteroatoms. The van der Waals surface area contributed by atoms with E-state index in [4.69, 9.17) is 0 Å². The summed E-state index contributed by atoms with van der Waals surface area (Å²) in [5.41, 5.74) is 0.124. The minimum atomic E-state index is -0.335. The van der Waals surface area contributed by atoms with Gasteiger partial charge in [0, 0.05) is 6.54 Å². The molecule has 1 aromatic carbocycles. The zero-order chi connectivity index (χ0) is 12.3. The topological polar surface area (TPSA) is 69.6 Å². The molecule has 2 rings (SSSR count). The normalized spacial score (nSPS) is 15.3. The van der Waals surface area contributed by atoms with Gasteiger partial charge >= 0.3 is 0 Å². The van der Waals surface area contributed by atoms with E-state index in [2.05, 4.69) is 5.32 Å². The van der Waals surface area contributed by atoms with Gasteiger partial charge in [-0.1, -0.05) is 19.3 Å². The number of aromatic hydroxyl groups is 2. The second-order valence-corrected chi connectivity index (χ2v) is 4.54. The van der Waals surface area contributed by atoms with E-state index in [-0.39, 0.29) is 23.0 Å². The summed E-state index contributed by atoms with van der Waals surface area (Å²) in [6.07, 6.45) is 4.80. The predicted molar refractivity (Wildman–Crippen MR) is 64.1 cm³/mol. The molecule has 1 amide bonds. The lowest BCUT2D eigenvalue weighted by atomic mass is 9.83. The van der Waals surface area contributed by atoms with Gasteiger partial charge in [0.15, 0.2) is 0 Å². The molecule has 0 aromatic heterocycles. The van der Waals surface area contributed by atoms with Crippen LogP contribution in [0, 0.1) is 5.92 Å². The van der Waals surface area contributed by atoms with Crippen molar-refractivity contribution in [2.45, 2.75) is 25.7 Å². The van der Waals surface area contributed by atoms with Crippen LogP contribution in [0.15, 0.2) is 18.2 Å². The molecule has 92 valence electrons. The van der Waals surface area contributed by atoms with E-state index in [1.165, 1.54) is 37.5 Å². The Morgan fingerprint density at radius 3 is 2.76 bits per heavy atom. The fraction of sp³-hybridized carbons (Fsp3) is 0.462. The van der Waals surface area contributed by atoms with E-state index in [0.717, 1.165) is 12.3 Å². The number of carbonyl (C=O) groups is 1. The van der Waals surface area contributed by atoms with Crippen LogP contribution in [0.3, 0.4) is 0 Å². The molecule has 17 heavy (non-hydrogen) atoms. The standard InChI is InChI=1S/C13H17NO3/c15-10-4-5-12(16)11(8-10)13(17)14-7-6-9-2-1-3-9/h4-5,8-9,15-16H,1-3,6-7H2,(H,14,17). The average Bonchev–Trinajstić information content (AvgIpc) is 2.25. The SMILES string of the molecule is O=C(NCCC1CCC1)c1cc(O)ccc1O. The summed E-state index contributed by atoms with van der Waals surface area (Å²) in [5, 5.41) is 21.5. The van der Waals surface area contributed by atoms with Crippen molar-refractivity contribution in [3.63, 3.8) is 0 Å². The number of amides is 1. The van der Waals surface area contributed by atoms with Crippen LogP contribution in [0.25, 0.3) is 0 Å². The summed E-state index contributed by atoms with van der Waals surface area (Å²) in [4.78, 5) is 11.7. The molecule has 0 heterocycles. The van der Waals surface area contributed by atoms with Crippen molar-refractivity contribution in [2.75, 3.05) is 6.54 Å². The maximum absolute atomic E-state index is 11.7. The minimum Gasteiger partial charge on any atom is -0.508 e. The van der Waals surface area contributed by atoms with Gasteiger partial charge in [0.2, 0.25) is 0 Å². The van der Waals surface area contributed by atoms with Gasteiger partial charge in [-0.05, 0) is 30.5 Å². The van der Waals surface area contributed by atoms with Crippen molar-refractivity contribution in [2.24, 2.45) is 5.92 Å². The first-order chi connectivity index (χ1) is 8.16. The summed E-state index contributed by atoms with van der Waals surface area (Å²) < 4.78 is 0. The molecule has 1 saturated carbocycles. The number of carbonyl (C=O) groups excluding carboxylic acids is 1. The fourth-order valence-electron chi connectivity index (χ4n) is 1.97. The number of nitrogens with one attached hydrogen (secondary N) is 1. The Bertz CT molecular complexity index is 413. The van der Waals surface area contributed by atoms with Gasteiger partial charge in [-0.2, -0.15) is 0 Å². The van der Waals surface area contributed by atoms with Crippen LogP contribution < -0.4 is 5.32 Å². The van der Waals surface area contributed by atoms with E-state index < -0.39 is 0 Å². The van der Waals surface area contributed by atoms with E-state index >= 15 is 0 Å². The Morgan fingerprint density at radius 2 is 2.12 bits per heavy atom. The van der Waals surface area contributed by atoms with Gasteiger partial charge in [0.1, 0.15) is 11.5 Å².